The Hall–Kier alpha value is -1.81. The van der Waals surface area contributed by atoms with E-state index in [1.54, 1.807) is 18.6 Å². The van der Waals surface area contributed by atoms with Crippen LogP contribution in [0.25, 0.3) is 0 Å². The summed E-state index contributed by atoms with van der Waals surface area (Å²) in [5, 5.41) is 0.688. The highest BCUT2D eigenvalue weighted by molar-refractivity contribution is 6.33. The Balaban J connectivity index is 1.69. The zero-order valence-electron chi connectivity index (χ0n) is 11.3. The van der Waals surface area contributed by atoms with Crippen molar-refractivity contribution >= 4 is 17.3 Å². The Labute approximate surface area is 123 Å². The Kier molecular flexibility index (Phi) is 3.74. The molecule has 20 heavy (non-hydrogen) atoms. The minimum atomic E-state index is 0.181. The Bertz CT molecular complexity index is 605. The van der Waals surface area contributed by atoms with Crippen molar-refractivity contribution in [1.82, 2.24) is 9.97 Å². The summed E-state index contributed by atoms with van der Waals surface area (Å²) < 4.78 is 6.06. The second-order valence-corrected chi connectivity index (χ2v) is 5.35. The summed E-state index contributed by atoms with van der Waals surface area (Å²) in [6, 6.07) is 3.86. The van der Waals surface area contributed by atoms with Crippen LogP contribution in [0, 0.1) is 6.92 Å². The molecule has 0 bridgehead atoms. The number of hydrogen-bond donors (Lipinski definition) is 0. The monoisotopic (exact) mass is 289 g/mol. The zero-order valence-corrected chi connectivity index (χ0v) is 12.0. The lowest BCUT2D eigenvalue weighted by Crippen LogP contribution is -2.25. The molecule has 1 atom stereocenters. The maximum atomic E-state index is 6.18. The highest BCUT2D eigenvalue weighted by Gasteiger charge is 2.25. The maximum Gasteiger partial charge on any atom is 0.125 e. The summed E-state index contributed by atoms with van der Waals surface area (Å²) in [5.74, 6) is 0.910. The molecule has 0 aromatic carbocycles. The molecule has 1 unspecified atom stereocenters. The lowest BCUT2D eigenvalue weighted by molar-refractivity contribution is 0.223. The number of aromatic nitrogens is 2. The first kappa shape index (κ1) is 13.2. The molecule has 3 heterocycles. The first-order valence-corrected chi connectivity index (χ1v) is 7.03. The van der Waals surface area contributed by atoms with Gasteiger partial charge in [0.2, 0.25) is 0 Å². The summed E-state index contributed by atoms with van der Waals surface area (Å²) >= 11 is 6.18. The molecule has 4 nitrogen and oxygen atoms in total. The van der Waals surface area contributed by atoms with Crippen molar-refractivity contribution in [2.24, 2.45) is 0 Å². The molecule has 104 valence electrons. The van der Waals surface area contributed by atoms with Crippen LogP contribution in [0.1, 0.15) is 12.0 Å². The molecule has 5 heteroatoms. The van der Waals surface area contributed by atoms with Gasteiger partial charge in [-0.15, -0.1) is 0 Å². The molecule has 1 aliphatic rings. The predicted molar refractivity (Wildman–Crippen MR) is 79.5 cm³/mol. The van der Waals surface area contributed by atoms with Crippen molar-refractivity contribution in [3.8, 4) is 5.75 Å². The van der Waals surface area contributed by atoms with Gasteiger partial charge in [0.15, 0.2) is 0 Å². The third-order valence-electron chi connectivity index (χ3n) is 3.50. The van der Waals surface area contributed by atoms with Crippen LogP contribution in [0.3, 0.4) is 0 Å². The van der Waals surface area contributed by atoms with E-state index >= 15 is 0 Å². The van der Waals surface area contributed by atoms with Crippen molar-refractivity contribution in [1.29, 1.82) is 0 Å². The van der Waals surface area contributed by atoms with Crippen molar-refractivity contribution in [2.45, 2.75) is 19.4 Å². The molecule has 1 saturated heterocycles. The van der Waals surface area contributed by atoms with E-state index in [0.29, 0.717) is 5.02 Å². The van der Waals surface area contributed by atoms with E-state index in [0.717, 1.165) is 36.5 Å². The summed E-state index contributed by atoms with van der Waals surface area (Å²) in [4.78, 5) is 10.3. The summed E-state index contributed by atoms with van der Waals surface area (Å²) in [6.45, 7) is 3.79. The highest BCUT2D eigenvalue weighted by atomic mass is 35.5. The largest absolute Gasteiger partial charge is 0.488 e. The van der Waals surface area contributed by atoms with Crippen LogP contribution in [-0.4, -0.2) is 29.2 Å². The fourth-order valence-corrected chi connectivity index (χ4v) is 2.68. The van der Waals surface area contributed by atoms with Crippen LogP contribution in [0.4, 0.5) is 5.69 Å². The molecule has 0 spiro atoms. The summed E-state index contributed by atoms with van der Waals surface area (Å²) in [6.07, 6.45) is 8.19. The standard InChI is InChI=1S/C15H16ClN3O/c1-11-8-17-6-3-15(11)20-12-4-7-19(10-12)14-2-5-18-9-13(14)16/h2-3,5-6,8-9,12H,4,7,10H2,1H3. The van der Waals surface area contributed by atoms with Gasteiger partial charge in [-0.2, -0.15) is 0 Å². The molecule has 0 radical (unpaired) electrons. The quantitative estimate of drug-likeness (QED) is 0.870. The van der Waals surface area contributed by atoms with Crippen LogP contribution in [0.5, 0.6) is 5.75 Å². The van der Waals surface area contributed by atoms with E-state index in [2.05, 4.69) is 14.9 Å². The molecule has 0 N–H and O–H groups in total. The van der Waals surface area contributed by atoms with Gasteiger partial charge in [0.1, 0.15) is 11.9 Å². The second-order valence-electron chi connectivity index (χ2n) is 4.94. The van der Waals surface area contributed by atoms with Crippen LogP contribution < -0.4 is 9.64 Å². The Morgan fingerprint density at radius 2 is 2.05 bits per heavy atom. The Morgan fingerprint density at radius 3 is 2.85 bits per heavy atom. The van der Waals surface area contributed by atoms with Gasteiger partial charge in [0, 0.05) is 43.3 Å². The summed E-state index contributed by atoms with van der Waals surface area (Å²) in [7, 11) is 0. The number of anilines is 1. The molecular formula is C15H16ClN3O. The first-order valence-electron chi connectivity index (χ1n) is 6.66. The first-order chi connectivity index (χ1) is 9.74. The third-order valence-corrected chi connectivity index (χ3v) is 3.79. The fraction of sp³-hybridized carbons (Fsp3) is 0.333. The van der Waals surface area contributed by atoms with Gasteiger partial charge >= 0.3 is 0 Å². The molecule has 2 aromatic rings. The normalized spacial score (nSPS) is 18.3. The summed E-state index contributed by atoms with van der Waals surface area (Å²) in [5.41, 5.74) is 2.09. The van der Waals surface area contributed by atoms with E-state index in [4.69, 9.17) is 16.3 Å². The number of hydrogen-bond acceptors (Lipinski definition) is 4. The van der Waals surface area contributed by atoms with E-state index in [1.807, 2.05) is 25.3 Å². The topological polar surface area (TPSA) is 38.2 Å². The van der Waals surface area contributed by atoms with Crippen molar-refractivity contribution < 1.29 is 4.74 Å². The van der Waals surface area contributed by atoms with E-state index < -0.39 is 0 Å². The number of halogens is 1. The van der Waals surface area contributed by atoms with Gasteiger partial charge in [-0.05, 0) is 19.1 Å². The molecule has 0 amide bonds. The molecular weight excluding hydrogens is 274 g/mol. The average Bonchev–Trinajstić information content (AvgIpc) is 2.90. The van der Waals surface area contributed by atoms with Gasteiger partial charge in [-0.25, -0.2) is 0 Å². The van der Waals surface area contributed by atoms with E-state index in [9.17, 15) is 0 Å². The van der Waals surface area contributed by atoms with Gasteiger partial charge in [0.25, 0.3) is 0 Å². The van der Waals surface area contributed by atoms with E-state index in [1.165, 1.54) is 0 Å². The van der Waals surface area contributed by atoms with Crippen LogP contribution in [0.15, 0.2) is 36.9 Å². The zero-order chi connectivity index (χ0) is 13.9. The van der Waals surface area contributed by atoms with Gasteiger partial charge < -0.3 is 9.64 Å². The number of ether oxygens (including phenoxy) is 1. The molecule has 2 aromatic heterocycles. The van der Waals surface area contributed by atoms with Gasteiger partial charge in [0.05, 0.1) is 17.3 Å². The molecule has 3 rings (SSSR count). The third kappa shape index (κ3) is 2.70. The predicted octanol–water partition coefficient (Wildman–Crippen LogP) is 3.10. The van der Waals surface area contributed by atoms with E-state index in [-0.39, 0.29) is 6.10 Å². The molecule has 1 aliphatic heterocycles. The second kappa shape index (κ2) is 5.67. The molecule has 0 saturated carbocycles. The fourth-order valence-electron chi connectivity index (χ4n) is 2.44. The van der Waals surface area contributed by atoms with Crippen molar-refractivity contribution in [2.75, 3.05) is 18.0 Å². The smallest absolute Gasteiger partial charge is 0.125 e. The minimum Gasteiger partial charge on any atom is -0.488 e. The lowest BCUT2D eigenvalue weighted by Gasteiger charge is -2.20. The van der Waals surface area contributed by atoms with Crippen LogP contribution in [0.2, 0.25) is 5.02 Å². The highest BCUT2D eigenvalue weighted by Crippen LogP contribution is 2.29. The van der Waals surface area contributed by atoms with Gasteiger partial charge in [-0.3, -0.25) is 9.97 Å². The van der Waals surface area contributed by atoms with Gasteiger partial charge in [-0.1, -0.05) is 11.6 Å². The minimum absolute atomic E-state index is 0.181. The van der Waals surface area contributed by atoms with Crippen molar-refractivity contribution in [3.63, 3.8) is 0 Å². The van der Waals surface area contributed by atoms with Crippen molar-refractivity contribution in [3.05, 3.63) is 47.5 Å². The number of nitrogens with zero attached hydrogens (tertiary/aromatic N) is 3. The number of rotatable bonds is 3. The van der Waals surface area contributed by atoms with Crippen LogP contribution in [-0.2, 0) is 0 Å². The number of pyridine rings is 2. The molecule has 0 aliphatic carbocycles. The SMILES string of the molecule is Cc1cnccc1OC1CCN(c2ccncc2Cl)C1. The maximum absolute atomic E-state index is 6.18. The van der Waals surface area contributed by atoms with Crippen LogP contribution >= 0.6 is 11.6 Å². The average molecular weight is 290 g/mol. The Morgan fingerprint density at radius 1 is 1.25 bits per heavy atom. The lowest BCUT2D eigenvalue weighted by atomic mass is 10.2. The molecule has 1 fully saturated rings. The number of aryl methyl sites for hydroxylation is 1.